The third-order valence-corrected chi connectivity index (χ3v) is 2.93. The van der Waals surface area contributed by atoms with Crippen LogP contribution >= 0.6 is 0 Å². The van der Waals surface area contributed by atoms with Crippen molar-refractivity contribution in [2.45, 2.75) is 12.6 Å². The molecule has 4 N–H and O–H groups in total. The van der Waals surface area contributed by atoms with Gasteiger partial charge in [0.1, 0.15) is 17.6 Å². The Balaban J connectivity index is 1.88. The summed E-state index contributed by atoms with van der Waals surface area (Å²) in [6.45, 7) is -0.384. The standard InChI is InChI=1S/C14H15FN4O3/c15-10-3-1-9(2-4-10)5-17-13(21)12(7-20)19-14(22)11-6-16-8-18-11/h1-4,6,8,12,20H,5,7H2,(H,16,18)(H,17,21)(H,19,22)/t12-/m0/s1. The molecule has 0 fully saturated rings. The number of rotatable bonds is 6. The molecule has 0 spiro atoms. The molecule has 7 nitrogen and oxygen atoms in total. The molecule has 2 aromatic rings. The van der Waals surface area contributed by atoms with Gasteiger partial charge in [-0.15, -0.1) is 0 Å². The Bertz CT molecular complexity index is 628. The normalized spacial score (nSPS) is 11.7. The number of H-pyrrole nitrogens is 1. The smallest absolute Gasteiger partial charge is 0.270 e. The van der Waals surface area contributed by atoms with Gasteiger partial charge in [-0.05, 0) is 17.7 Å². The maximum atomic E-state index is 12.8. The number of imidazole rings is 1. The second-order valence-corrected chi connectivity index (χ2v) is 4.52. The number of carbonyl (C=O) groups excluding carboxylic acids is 2. The molecule has 0 aliphatic carbocycles. The van der Waals surface area contributed by atoms with Crippen LogP contribution in [0.25, 0.3) is 0 Å². The van der Waals surface area contributed by atoms with Crippen molar-refractivity contribution in [1.29, 1.82) is 0 Å². The van der Waals surface area contributed by atoms with Crippen LogP contribution in [-0.4, -0.2) is 39.5 Å². The Morgan fingerprint density at radius 1 is 1.32 bits per heavy atom. The molecule has 0 aliphatic heterocycles. The van der Waals surface area contributed by atoms with E-state index < -0.39 is 24.5 Å². The monoisotopic (exact) mass is 306 g/mol. The quantitative estimate of drug-likeness (QED) is 0.600. The summed E-state index contributed by atoms with van der Waals surface area (Å²) in [4.78, 5) is 30.0. The molecule has 8 heteroatoms. The zero-order valence-electron chi connectivity index (χ0n) is 11.5. The van der Waals surface area contributed by atoms with E-state index in [2.05, 4.69) is 20.6 Å². The van der Waals surface area contributed by atoms with Gasteiger partial charge in [0.05, 0.1) is 19.1 Å². The second-order valence-electron chi connectivity index (χ2n) is 4.52. The minimum Gasteiger partial charge on any atom is -0.394 e. The largest absolute Gasteiger partial charge is 0.394 e. The number of aliphatic hydroxyl groups excluding tert-OH is 1. The summed E-state index contributed by atoms with van der Waals surface area (Å²) in [7, 11) is 0. The fourth-order valence-corrected chi connectivity index (χ4v) is 1.72. The molecule has 22 heavy (non-hydrogen) atoms. The molecule has 0 saturated carbocycles. The Hall–Kier alpha value is -2.74. The average Bonchev–Trinajstić information content (AvgIpc) is 3.06. The summed E-state index contributed by atoms with van der Waals surface area (Å²) in [5, 5.41) is 14.2. The van der Waals surface area contributed by atoms with Gasteiger partial charge < -0.3 is 20.7 Å². The van der Waals surface area contributed by atoms with E-state index in [1.807, 2.05) is 0 Å². The highest BCUT2D eigenvalue weighted by Gasteiger charge is 2.20. The molecule has 1 atom stereocenters. The van der Waals surface area contributed by atoms with Crippen molar-refractivity contribution >= 4 is 11.8 Å². The van der Waals surface area contributed by atoms with Crippen molar-refractivity contribution in [3.63, 3.8) is 0 Å². The maximum absolute atomic E-state index is 12.8. The highest BCUT2D eigenvalue weighted by molar-refractivity contribution is 5.95. The van der Waals surface area contributed by atoms with Gasteiger partial charge in [-0.2, -0.15) is 0 Å². The summed E-state index contributed by atoms with van der Waals surface area (Å²) in [6.07, 6.45) is 2.64. The van der Waals surface area contributed by atoms with Crippen LogP contribution in [0.3, 0.4) is 0 Å². The van der Waals surface area contributed by atoms with Crippen LogP contribution in [0, 0.1) is 5.82 Å². The first-order chi connectivity index (χ1) is 10.6. The van der Waals surface area contributed by atoms with Crippen LogP contribution in [0.4, 0.5) is 4.39 Å². The lowest BCUT2D eigenvalue weighted by Crippen LogP contribution is -2.48. The molecule has 116 valence electrons. The predicted octanol–water partition coefficient (Wildman–Crippen LogP) is -0.0441. The van der Waals surface area contributed by atoms with Gasteiger partial charge in [-0.1, -0.05) is 12.1 Å². The number of hydrogen-bond acceptors (Lipinski definition) is 4. The third kappa shape index (κ3) is 4.13. The van der Waals surface area contributed by atoms with Crippen LogP contribution in [0.1, 0.15) is 16.1 Å². The summed E-state index contributed by atoms with van der Waals surface area (Å²) < 4.78 is 12.8. The summed E-state index contributed by atoms with van der Waals surface area (Å²) in [5.41, 5.74) is 0.885. The zero-order valence-corrected chi connectivity index (χ0v) is 11.5. The lowest BCUT2D eigenvalue weighted by atomic mass is 10.2. The Kier molecular flexibility index (Phi) is 5.21. The van der Waals surface area contributed by atoms with E-state index in [4.69, 9.17) is 0 Å². The molecule has 0 bridgehead atoms. The van der Waals surface area contributed by atoms with Gasteiger partial charge in [0.2, 0.25) is 5.91 Å². The van der Waals surface area contributed by atoms with E-state index >= 15 is 0 Å². The summed E-state index contributed by atoms with van der Waals surface area (Å²) >= 11 is 0. The minimum atomic E-state index is -1.09. The first-order valence-electron chi connectivity index (χ1n) is 6.52. The van der Waals surface area contributed by atoms with E-state index in [9.17, 15) is 19.1 Å². The lowest BCUT2D eigenvalue weighted by Gasteiger charge is -2.15. The minimum absolute atomic E-state index is 0.162. The molecular weight excluding hydrogens is 291 g/mol. The molecule has 1 aromatic carbocycles. The highest BCUT2D eigenvalue weighted by Crippen LogP contribution is 2.02. The van der Waals surface area contributed by atoms with Gasteiger partial charge >= 0.3 is 0 Å². The molecule has 1 heterocycles. The first-order valence-corrected chi connectivity index (χ1v) is 6.52. The maximum Gasteiger partial charge on any atom is 0.270 e. The highest BCUT2D eigenvalue weighted by atomic mass is 19.1. The number of halogens is 1. The molecule has 1 aromatic heterocycles. The van der Waals surface area contributed by atoms with Crippen molar-refractivity contribution in [2.75, 3.05) is 6.61 Å². The van der Waals surface area contributed by atoms with Crippen LogP contribution in [0.15, 0.2) is 36.8 Å². The molecule has 0 aliphatic rings. The van der Waals surface area contributed by atoms with Gasteiger partial charge in [0.25, 0.3) is 5.91 Å². The fraction of sp³-hybridized carbons (Fsp3) is 0.214. The van der Waals surface area contributed by atoms with Gasteiger partial charge in [-0.3, -0.25) is 9.59 Å². The average molecular weight is 306 g/mol. The number of nitrogens with one attached hydrogen (secondary N) is 3. The number of hydrogen-bond donors (Lipinski definition) is 4. The zero-order chi connectivity index (χ0) is 15.9. The van der Waals surface area contributed by atoms with Gasteiger partial charge in [0.15, 0.2) is 0 Å². The topological polar surface area (TPSA) is 107 Å². The van der Waals surface area contributed by atoms with Crippen molar-refractivity contribution in [3.8, 4) is 0 Å². The van der Waals surface area contributed by atoms with Crippen LogP contribution in [0.2, 0.25) is 0 Å². The van der Waals surface area contributed by atoms with Crippen LogP contribution < -0.4 is 10.6 Å². The predicted molar refractivity (Wildman–Crippen MR) is 75.2 cm³/mol. The van der Waals surface area contributed by atoms with E-state index in [1.165, 1.54) is 36.8 Å². The van der Waals surface area contributed by atoms with Crippen molar-refractivity contribution in [2.24, 2.45) is 0 Å². The van der Waals surface area contributed by atoms with Gasteiger partial charge in [0, 0.05) is 6.54 Å². The number of aliphatic hydroxyl groups is 1. The molecular formula is C14H15FN4O3. The van der Waals surface area contributed by atoms with Crippen LogP contribution in [-0.2, 0) is 11.3 Å². The molecule has 2 rings (SSSR count). The summed E-state index contributed by atoms with van der Waals surface area (Å²) in [6, 6.07) is 4.55. The van der Waals surface area contributed by atoms with Crippen molar-refractivity contribution in [3.05, 3.63) is 53.9 Å². The number of benzene rings is 1. The molecule has 0 saturated heterocycles. The fourth-order valence-electron chi connectivity index (χ4n) is 1.72. The van der Waals surface area contributed by atoms with Crippen molar-refractivity contribution in [1.82, 2.24) is 20.6 Å². The SMILES string of the molecule is O=C(N[C@@H](CO)C(=O)NCc1ccc(F)cc1)c1cnc[nH]1. The van der Waals surface area contributed by atoms with Crippen LogP contribution in [0.5, 0.6) is 0 Å². The number of amides is 2. The van der Waals surface area contributed by atoms with Gasteiger partial charge in [-0.25, -0.2) is 9.37 Å². The molecule has 0 radical (unpaired) electrons. The summed E-state index contributed by atoms with van der Waals surface area (Å²) in [5.74, 6) is -1.46. The molecule has 2 amide bonds. The number of carbonyl (C=O) groups is 2. The second kappa shape index (κ2) is 7.32. The Labute approximate surface area is 125 Å². The van der Waals surface area contributed by atoms with E-state index in [0.29, 0.717) is 5.56 Å². The number of aromatic nitrogens is 2. The van der Waals surface area contributed by atoms with Crippen molar-refractivity contribution < 1.29 is 19.1 Å². The van der Waals surface area contributed by atoms with E-state index in [-0.39, 0.29) is 18.1 Å². The van der Waals surface area contributed by atoms with E-state index in [0.717, 1.165) is 0 Å². The third-order valence-electron chi connectivity index (χ3n) is 2.93. The first kappa shape index (κ1) is 15.6. The lowest BCUT2D eigenvalue weighted by molar-refractivity contribution is -0.124. The number of aromatic amines is 1. The Morgan fingerprint density at radius 2 is 2.05 bits per heavy atom. The number of nitrogens with zero attached hydrogens (tertiary/aromatic N) is 1. The Morgan fingerprint density at radius 3 is 2.64 bits per heavy atom. The molecule has 0 unspecified atom stereocenters. The van der Waals surface area contributed by atoms with E-state index in [1.54, 1.807) is 0 Å².